The maximum atomic E-state index is 13.1. The Balaban J connectivity index is 2.03. The van der Waals surface area contributed by atoms with Crippen LogP contribution in [0.1, 0.15) is 33.5 Å². The van der Waals surface area contributed by atoms with Gasteiger partial charge in [0.05, 0.1) is 29.0 Å². The minimum atomic E-state index is -0.439. The molecule has 8 heteroatoms. The molecule has 148 valence electrons. The van der Waals surface area contributed by atoms with Crippen LogP contribution in [-0.2, 0) is 11.3 Å². The van der Waals surface area contributed by atoms with Crippen molar-refractivity contribution in [1.82, 2.24) is 14.9 Å². The second kappa shape index (κ2) is 8.01. The Labute approximate surface area is 172 Å². The molecule has 1 N–H and O–H groups in total. The van der Waals surface area contributed by atoms with Crippen molar-refractivity contribution in [2.75, 3.05) is 0 Å². The van der Waals surface area contributed by atoms with E-state index in [-0.39, 0.29) is 23.6 Å². The number of carbonyl (C=O) groups excluding carboxylic acids is 1. The molecule has 1 atom stereocenters. The van der Waals surface area contributed by atoms with Gasteiger partial charge in [-0.3, -0.25) is 14.2 Å². The van der Waals surface area contributed by atoms with Crippen molar-refractivity contribution in [3.8, 4) is 0 Å². The predicted molar refractivity (Wildman–Crippen MR) is 112 cm³/mol. The summed E-state index contributed by atoms with van der Waals surface area (Å²) >= 11 is 7.30. The summed E-state index contributed by atoms with van der Waals surface area (Å²) in [6, 6.07) is 8.54. The van der Waals surface area contributed by atoms with Gasteiger partial charge in [-0.15, -0.1) is 0 Å². The van der Waals surface area contributed by atoms with Crippen LogP contribution >= 0.6 is 23.4 Å². The topological polar surface area (TPSA) is 77.1 Å². The van der Waals surface area contributed by atoms with E-state index in [9.17, 15) is 9.59 Å². The molecule has 2 aromatic heterocycles. The fourth-order valence-electron chi connectivity index (χ4n) is 2.64. The van der Waals surface area contributed by atoms with Crippen molar-refractivity contribution in [2.24, 2.45) is 0 Å². The summed E-state index contributed by atoms with van der Waals surface area (Å²) in [7, 11) is 0. The van der Waals surface area contributed by atoms with Crippen LogP contribution in [0.25, 0.3) is 10.9 Å². The molecule has 0 aliphatic heterocycles. The Hall–Kier alpha value is -2.25. The van der Waals surface area contributed by atoms with Crippen molar-refractivity contribution >= 4 is 40.2 Å². The number of amides is 1. The van der Waals surface area contributed by atoms with Crippen LogP contribution in [0.4, 0.5) is 0 Å². The van der Waals surface area contributed by atoms with Gasteiger partial charge in [-0.1, -0.05) is 23.4 Å². The zero-order valence-electron chi connectivity index (χ0n) is 16.2. The van der Waals surface area contributed by atoms with Crippen LogP contribution in [0.5, 0.6) is 0 Å². The molecule has 0 unspecified atom stereocenters. The highest BCUT2D eigenvalue weighted by Crippen LogP contribution is 2.25. The number of nitrogens with zero attached hydrogens (tertiary/aromatic N) is 2. The lowest BCUT2D eigenvalue weighted by Crippen LogP contribution is -2.44. The average molecular weight is 420 g/mol. The number of carbonyl (C=O) groups is 1. The van der Waals surface area contributed by atoms with Crippen LogP contribution in [0.2, 0.25) is 5.02 Å². The van der Waals surface area contributed by atoms with Crippen LogP contribution in [0.3, 0.4) is 0 Å². The van der Waals surface area contributed by atoms with Crippen molar-refractivity contribution < 1.29 is 9.21 Å². The first kappa shape index (κ1) is 20.5. The summed E-state index contributed by atoms with van der Waals surface area (Å²) in [5.74, 6) is 0.508. The fourth-order valence-corrected chi connectivity index (χ4v) is 3.72. The summed E-state index contributed by atoms with van der Waals surface area (Å²) < 4.78 is 6.93. The minimum Gasteiger partial charge on any atom is -0.467 e. The number of benzene rings is 1. The number of rotatable bonds is 5. The van der Waals surface area contributed by atoms with Crippen LogP contribution in [-0.4, -0.2) is 26.2 Å². The second-order valence-corrected chi connectivity index (χ2v) is 9.27. The largest absolute Gasteiger partial charge is 0.467 e. The van der Waals surface area contributed by atoms with E-state index in [0.717, 1.165) is 0 Å². The molecular weight excluding hydrogens is 398 g/mol. The van der Waals surface area contributed by atoms with Gasteiger partial charge >= 0.3 is 0 Å². The van der Waals surface area contributed by atoms with Crippen molar-refractivity contribution in [2.45, 2.75) is 50.2 Å². The van der Waals surface area contributed by atoms with Gasteiger partial charge < -0.3 is 9.73 Å². The SMILES string of the molecule is C[C@@H](Sc1nc2cc(Cl)ccc2c(=O)n1Cc1ccco1)C(=O)NC(C)(C)C. The number of nitrogens with one attached hydrogen (secondary N) is 1. The maximum absolute atomic E-state index is 13.1. The van der Waals surface area contributed by atoms with Gasteiger partial charge in [-0.05, 0) is 58.0 Å². The highest BCUT2D eigenvalue weighted by molar-refractivity contribution is 8.00. The number of aromatic nitrogens is 2. The Bertz CT molecular complexity index is 1050. The Morgan fingerprint density at radius 2 is 2.11 bits per heavy atom. The smallest absolute Gasteiger partial charge is 0.262 e. The molecule has 0 radical (unpaired) electrons. The van der Waals surface area contributed by atoms with E-state index in [1.165, 1.54) is 16.3 Å². The molecule has 1 amide bonds. The van der Waals surface area contributed by atoms with E-state index in [1.807, 2.05) is 20.8 Å². The monoisotopic (exact) mass is 419 g/mol. The van der Waals surface area contributed by atoms with E-state index >= 15 is 0 Å². The highest BCUT2D eigenvalue weighted by Gasteiger charge is 2.23. The molecule has 0 saturated heterocycles. The molecule has 0 fully saturated rings. The summed E-state index contributed by atoms with van der Waals surface area (Å²) in [6.45, 7) is 7.78. The van der Waals surface area contributed by atoms with E-state index in [2.05, 4.69) is 10.3 Å². The Morgan fingerprint density at radius 1 is 1.36 bits per heavy atom. The van der Waals surface area contributed by atoms with Gasteiger partial charge in [-0.25, -0.2) is 4.98 Å². The number of hydrogen-bond acceptors (Lipinski definition) is 5. The van der Waals surface area contributed by atoms with E-state index in [4.69, 9.17) is 16.0 Å². The number of furan rings is 1. The molecular formula is C20H22ClN3O3S. The van der Waals surface area contributed by atoms with Crippen LogP contribution in [0.15, 0.2) is 51.0 Å². The molecule has 3 rings (SSSR count). The van der Waals surface area contributed by atoms with Gasteiger partial charge in [0.25, 0.3) is 5.56 Å². The normalized spacial score (nSPS) is 12.9. The summed E-state index contributed by atoms with van der Waals surface area (Å²) in [5.41, 5.74) is -0.0486. The summed E-state index contributed by atoms with van der Waals surface area (Å²) in [4.78, 5) is 30.2. The molecule has 0 aliphatic carbocycles. The lowest BCUT2D eigenvalue weighted by atomic mass is 10.1. The Kier molecular flexibility index (Phi) is 5.86. The molecule has 0 bridgehead atoms. The van der Waals surface area contributed by atoms with Crippen LogP contribution < -0.4 is 10.9 Å². The second-order valence-electron chi connectivity index (χ2n) is 7.53. The van der Waals surface area contributed by atoms with Crippen molar-refractivity contribution in [3.63, 3.8) is 0 Å². The zero-order valence-corrected chi connectivity index (χ0v) is 17.7. The van der Waals surface area contributed by atoms with Gasteiger partial charge in [0.15, 0.2) is 5.16 Å². The summed E-state index contributed by atoms with van der Waals surface area (Å²) in [5, 5.41) is 3.91. The standard InChI is InChI=1S/C20H22ClN3O3S/c1-12(17(25)23-20(2,3)4)28-19-22-16-10-13(21)7-8-15(16)18(26)24(19)11-14-6-5-9-27-14/h5-10,12H,11H2,1-4H3,(H,23,25)/t12-/m1/s1. The maximum Gasteiger partial charge on any atom is 0.262 e. The van der Waals surface area contributed by atoms with Crippen LogP contribution in [0, 0.1) is 0 Å². The quantitative estimate of drug-likeness (QED) is 0.498. The van der Waals surface area contributed by atoms with Gasteiger partial charge in [0.1, 0.15) is 5.76 Å². The first-order valence-corrected chi connectivity index (χ1v) is 10.1. The first-order valence-electron chi connectivity index (χ1n) is 8.85. The van der Waals surface area contributed by atoms with Crippen molar-refractivity contribution in [3.05, 3.63) is 57.7 Å². The number of thioether (sulfide) groups is 1. The number of hydrogen-bond donors (Lipinski definition) is 1. The Morgan fingerprint density at radius 3 is 2.75 bits per heavy atom. The lowest BCUT2D eigenvalue weighted by molar-refractivity contribution is -0.121. The third-order valence-electron chi connectivity index (χ3n) is 3.93. The molecule has 6 nitrogen and oxygen atoms in total. The lowest BCUT2D eigenvalue weighted by Gasteiger charge is -2.23. The summed E-state index contributed by atoms with van der Waals surface area (Å²) in [6.07, 6.45) is 1.56. The molecule has 0 saturated carbocycles. The molecule has 2 heterocycles. The van der Waals surface area contributed by atoms with Crippen molar-refractivity contribution in [1.29, 1.82) is 0 Å². The van der Waals surface area contributed by atoms with E-state index in [0.29, 0.717) is 26.8 Å². The van der Waals surface area contributed by atoms with E-state index in [1.54, 1.807) is 43.5 Å². The zero-order chi connectivity index (χ0) is 20.5. The van der Waals surface area contributed by atoms with Gasteiger partial charge in [0.2, 0.25) is 5.91 Å². The third kappa shape index (κ3) is 4.77. The van der Waals surface area contributed by atoms with Gasteiger partial charge in [0, 0.05) is 10.6 Å². The van der Waals surface area contributed by atoms with E-state index < -0.39 is 5.25 Å². The molecule has 28 heavy (non-hydrogen) atoms. The molecule has 3 aromatic rings. The fraction of sp³-hybridized carbons (Fsp3) is 0.350. The minimum absolute atomic E-state index is 0.123. The first-order chi connectivity index (χ1) is 13.1. The van der Waals surface area contributed by atoms with Gasteiger partial charge in [-0.2, -0.15) is 0 Å². The highest BCUT2D eigenvalue weighted by atomic mass is 35.5. The average Bonchev–Trinajstić information content (AvgIpc) is 3.09. The predicted octanol–water partition coefficient (Wildman–Crippen LogP) is 4.09. The number of halogens is 1. The number of fused-ring (bicyclic) bond motifs is 1. The third-order valence-corrected chi connectivity index (χ3v) is 5.25. The molecule has 1 aromatic carbocycles. The molecule has 0 spiro atoms. The molecule has 0 aliphatic rings.